The fraction of sp³-hybridized carbons (Fsp3) is 0.462. The average Bonchev–Trinajstić information content (AvgIpc) is 2.64. The van der Waals surface area contributed by atoms with Gasteiger partial charge in [0.2, 0.25) is 0 Å². The van der Waals surface area contributed by atoms with Crippen molar-refractivity contribution in [1.82, 2.24) is 9.55 Å². The molecule has 0 saturated heterocycles. The van der Waals surface area contributed by atoms with Gasteiger partial charge in [0.25, 0.3) is 0 Å². The van der Waals surface area contributed by atoms with Crippen molar-refractivity contribution in [3.05, 3.63) is 30.1 Å². The maximum atomic E-state index is 6.16. The van der Waals surface area contributed by atoms with Crippen molar-refractivity contribution in [2.24, 2.45) is 12.8 Å². The molecule has 3 heteroatoms. The van der Waals surface area contributed by atoms with Crippen LogP contribution in [0.4, 0.5) is 0 Å². The van der Waals surface area contributed by atoms with E-state index < -0.39 is 0 Å². The Morgan fingerprint density at radius 1 is 1.38 bits per heavy atom. The van der Waals surface area contributed by atoms with Crippen molar-refractivity contribution < 1.29 is 0 Å². The van der Waals surface area contributed by atoms with Crippen LogP contribution in [0.15, 0.2) is 24.3 Å². The number of aromatic nitrogens is 2. The summed E-state index contributed by atoms with van der Waals surface area (Å²) in [5.41, 5.74) is 8.35. The first-order valence-electron chi connectivity index (χ1n) is 5.91. The quantitative estimate of drug-likeness (QED) is 0.855. The standard InChI is InChI=1S/C13H19N3/c1-3-4-7-10(14)13-15-11-8-5-6-9-12(11)16(13)2/h5-6,8-10H,3-4,7,14H2,1-2H3. The van der Waals surface area contributed by atoms with Gasteiger partial charge in [0.1, 0.15) is 5.82 Å². The van der Waals surface area contributed by atoms with E-state index in [-0.39, 0.29) is 6.04 Å². The molecule has 1 aromatic carbocycles. The Bertz CT molecular complexity index is 473. The van der Waals surface area contributed by atoms with E-state index in [1.54, 1.807) is 0 Å². The third kappa shape index (κ3) is 1.95. The van der Waals surface area contributed by atoms with E-state index >= 15 is 0 Å². The number of benzene rings is 1. The lowest BCUT2D eigenvalue weighted by Gasteiger charge is -2.10. The van der Waals surface area contributed by atoms with Crippen molar-refractivity contribution in [2.45, 2.75) is 32.2 Å². The van der Waals surface area contributed by atoms with Gasteiger partial charge in [-0.05, 0) is 18.6 Å². The zero-order valence-electron chi connectivity index (χ0n) is 9.98. The Morgan fingerprint density at radius 3 is 2.81 bits per heavy atom. The highest BCUT2D eigenvalue weighted by Crippen LogP contribution is 2.21. The number of rotatable bonds is 4. The lowest BCUT2D eigenvalue weighted by atomic mass is 10.1. The molecule has 2 aromatic rings. The van der Waals surface area contributed by atoms with Gasteiger partial charge in [-0.25, -0.2) is 4.98 Å². The van der Waals surface area contributed by atoms with Crippen LogP contribution in [-0.2, 0) is 7.05 Å². The van der Waals surface area contributed by atoms with Crippen LogP contribution in [0.2, 0.25) is 0 Å². The van der Waals surface area contributed by atoms with E-state index in [1.165, 1.54) is 6.42 Å². The molecule has 0 fully saturated rings. The Labute approximate surface area is 96.3 Å². The van der Waals surface area contributed by atoms with Crippen molar-refractivity contribution in [2.75, 3.05) is 0 Å². The van der Waals surface area contributed by atoms with Crippen LogP contribution < -0.4 is 5.73 Å². The van der Waals surface area contributed by atoms with E-state index in [4.69, 9.17) is 5.73 Å². The van der Waals surface area contributed by atoms with Gasteiger partial charge in [0.05, 0.1) is 17.1 Å². The summed E-state index contributed by atoms with van der Waals surface area (Å²) in [7, 11) is 2.04. The zero-order chi connectivity index (χ0) is 11.5. The van der Waals surface area contributed by atoms with Gasteiger partial charge in [-0.3, -0.25) is 0 Å². The molecule has 0 saturated carbocycles. The summed E-state index contributed by atoms with van der Waals surface area (Å²) in [6, 6.07) is 8.21. The molecule has 3 nitrogen and oxygen atoms in total. The number of nitrogens with zero attached hydrogens (tertiary/aromatic N) is 2. The molecule has 0 aliphatic heterocycles. The topological polar surface area (TPSA) is 43.8 Å². The highest BCUT2D eigenvalue weighted by atomic mass is 15.1. The van der Waals surface area contributed by atoms with E-state index in [1.807, 2.05) is 25.2 Å². The predicted molar refractivity (Wildman–Crippen MR) is 67.2 cm³/mol. The molecule has 0 bridgehead atoms. The fourth-order valence-corrected chi connectivity index (χ4v) is 2.05. The maximum Gasteiger partial charge on any atom is 0.126 e. The number of aryl methyl sites for hydroxylation is 1. The second kappa shape index (κ2) is 4.66. The van der Waals surface area contributed by atoms with Crippen molar-refractivity contribution in [3.8, 4) is 0 Å². The first kappa shape index (κ1) is 11.1. The largest absolute Gasteiger partial charge is 0.330 e. The third-order valence-corrected chi connectivity index (χ3v) is 3.02. The lowest BCUT2D eigenvalue weighted by Crippen LogP contribution is -2.15. The number of nitrogens with two attached hydrogens (primary N) is 1. The average molecular weight is 217 g/mol. The van der Waals surface area contributed by atoms with Crippen LogP contribution in [0.25, 0.3) is 11.0 Å². The van der Waals surface area contributed by atoms with Gasteiger partial charge >= 0.3 is 0 Å². The molecule has 86 valence electrons. The number of fused-ring (bicyclic) bond motifs is 1. The Hall–Kier alpha value is -1.35. The molecule has 0 aliphatic carbocycles. The summed E-state index contributed by atoms with van der Waals surface area (Å²) >= 11 is 0. The summed E-state index contributed by atoms with van der Waals surface area (Å²) in [4.78, 5) is 4.60. The van der Waals surface area contributed by atoms with Crippen LogP contribution in [-0.4, -0.2) is 9.55 Å². The maximum absolute atomic E-state index is 6.16. The molecule has 1 aromatic heterocycles. The molecular weight excluding hydrogens is 198 g/mol. The van der Waals surface area contributed by atoms with Crippen LogP contribution in [0.5, 0.6) is 0 Å². The van der Waals surface area contributed by atoms with Crippen molar-refractivity contribution in [1.29, 1.82) is 0 Å². The second-order valence-corrected chi connectivity index (χ2v) is 4.27. The summed E-state index contributed by atoms with van der Waals surface area (Å²) < 4.78 is 2.11. The smallest absolute Gasteiger partial charge is 0.126 e. The molecule has 0 spiro atoms. The number of unbranched alkanes of at least 4 members (excludes halogenated alkanes) is 1. The van der Waals surface area contributed by atoms with Gasteiger partial charge in [-0.15, -0.1) is 0 Å². The number of hydrogen-bond donors (Lipinski definition) is 1. The Morgan fingerprint density at radius 2 is 2.12 bits per heavy atom. The SMILES string of the molecule is CCCCC(N)c1nc2ccccc2n1C. The minimum atomic E-state index is 0.0531. The summed E-state index contributed by atoms with van der Waals surface area (Å²) in [5, 5.41) is 0. The highest BCUT2D eigenvalue weighted by molar-refractivity contribution is 5.75. The Kier molecular flexibility index (Phi) is 3.25. The Balaban J connectivity index is 2.33. The van der Waals surface area contributed by atoms with E-state index in [2.05, 4.69) is 22.5 Å². The number of hydrogen-bond acceptors (Lipinski definition) is 2. The van der Waals surface area contributed by atoms with Crippen LogP contribution in [0.1, 0.15) is 38.1 Å². The van der Waals surface area contributed by atoms with Crippen LogP contribution in [0.3, 0.4) is 0 Å². The zero-order valence-corrected chi connectivity index (χ0v) is 9.98. The second-order valence-electron chi connectivity index (χ2n) is 4.27. The molecule has 0 radical (unpaired) electrons. The van der Waals surface area contributed by atoms with Gasteiger partial charge in [0, 0.05) is 7.05 Å². The molecular formula is C13H19N3. The van der Waals surface area contributed by atoms with E-state index in [0.717, 1.165) is 29.7 Å². The predicted octanol–water partition coefficient (Wildman–Crippen LogP) is 2.76. The van der Waals surface area contributed by atoms with Crippen LogP contribution in [0, 0.1) is 0 Å². The molecule has 0 aliphatic rings. The van der Waals surface area contributed by atoms with Gasteiger partial charge in [-0.2, -0.15) is 0 Å². The van der Waals surface area contributed by atoms with Crippen LogP contribution >= 0.6 is 0 Å². The minimum Gasteiger partial charge on any atom is -0.330 e. The van der Waals surface area contributed by atoms with Gasteiger partial charge in [0.15, 0.2) is 0 Å². The van der Waals surface area contributed by atoms with Crippen molar-refractivity contribution in [3.63, 3.8) is 0 Å². The van der Waals surface area contributed by atoms with Crippen molar-refractivity contribution >= 4 is 11.0 Å². The first-order valence-corrected chi connectivity index (χ1v) is 5.91. The normalized spacial score (nSPS) is 13.2. The lowest BCUT2D eigenvalue weighted by molar-refractivity contribution is 0.561. The number of imidazole rings is 1. The molecule has 2 N–H and O–H groups in total. The van der Waals surface area contributed by atoms with Gasteiger partial charge < -0.3 is 10.3 Å². The first-order chi connectivity index (χ1) is 7.74. The highest BCUT2D eigenvalue weighted by Gasteiger charge is 2.13. The van der Waals surface area contributed by atoms with E-state index in [9.17, 15) is 0 Å². The molecule has 1 heterocycles. The molecule has 1 unspecified atom stereocenters. The summed E-state index contributed by atoms with van der Waals surface area (Å²) in [6.07, 6.45) is 3.34. The number of para-hydroxylation sites is 2. The third-order valence-electron chi connectivity index (χ3n) is 3.02. The summed E-state index contributed by atoms with van der Waals surface area (Å²) in [5.74, 6) is 0.995. The van der Waals surface area contributed by atoms with E-state index in [0.29, 0.717) is 0 Å². The monoisotopic (exact) mass is 217 g/mol. The summed E-state index contributed by atoms with van der Waals surface area (Å²) in [6.45, 7) is 2.18. The molecule has 1 atom stereocenters. The molecule has 0 amide bonds. The molecule has 16 heavy (non-hydrogen) atoms. The van der Waals surface area contributed by atoms with Gasteiger partial charge in [-0.1, -0.05) is 31.9 Å². The fourth-order valence-electron chi connectivity index (χ4n) is 2.05. The minimum absolute atomic E-state index is 0.0531. The molecule has 2 rings (SSSR count).